The molecule has 0 radical (unpaired) electrons. The number of ether oxygens (including phenoxy) is 5. The van der Waals surface area contributed by atoms with E-state index in [0.717, 1.165) is 6.07 Å². The van der Waals surface area contributed by atoms with Crippen LogP contribution in [-0.2, 0) is 18.0 Å². The zero-order valence-corrected chi connectivity index (χ0v) is 30.9. The van der Waals surface area contributed by atoms with E-state index in [9.17, 15) is 51.1 Å². The maximum atomic E-state index is 12.7. The second kappa shape index (κ2) is 12.2. The summed E-state index contributed by atoms with van der Waals surface area (Å²) < 4.78 is 33.0. The lowest BCUT2D eigenvalue weighted by Crippen LogP contribution is -2.59. The van der Waals surface area contributed by atoms with E-state index in [0.29, 0.717) is 5.56 Å². The van der Waals surface area contributed by atoms with Crippen LogP contribution in [0.25, 0.3) is 0 Å². The van der Waals surface area contributed by atoms with Crippen LogP contribution in [-0.4, -0.2) is 69.4 Å². The third kappa shape index (κ3) is 4.75. The molecular formula is C45H34O15. The Morgan fingerprint density at radius 3 is 1.50 bits per heavy atom. The fraction of sp³-hybridized carbons (Fsp3) is 0.200. The van der Waals surface area contributed by atoms with Gasteiger partial charge in [0.25, 0.3) is 0 Å². The second-order valence-electron chi connectivity index (χ2n) is 15.6. The van der Waals surface area contributed by atoms with Gasteiger partial charge in [0.05, 0.1) is 17.9 Å². The summed E-state index contributed by atoms with van der Waals surface area (Å²) in [5.41, 5.74) is 1.40. The zero-order valence-electron chi connectivity index (χ0n) is 30.9. The van der Waals surface area contributed by atoms with Gasteiger partial charge >= 0.3 is 11.6 Å². The molecule has 0 saturated heterocycles. The van der Waals surface area contributed by atoms with E-state index < -0.39 is 59.3 Å². The lowest BCUT2D eigenvalue weighted by atomic mass is 9.70. The summed E-state index contributed by atoms with van der Waals surface area (Å²) in [6.07, 6.45) is -5.65. The minimum Gasteiger partial charge on any atom is -0.508 e. The van der Waals surface area contributed by atoms with Crippen molar-refractivity contribution in [1.29, 1.82) is 0 Å². The minimum atomic E-state index is -2.19. The molecule has 15 heteroatoms. The van der Waals surface area contributed by atoms with Crippen molar-refractivity contribution >= 4 is 0 Å². The fourth-order valence-electron chi connectivity index (χ4n) is 9.55. The largest absolute Gasteiger partial charge is 0.508 e. The van der Waals surface area contributed by atoms with Crippen molar-refractivity contribution in [1.82, 2.24) is 0 Å². The predicted octanol–water partition coefficient (Wildman–Crippen LogP) is 4.92. The standard InChI is InChI=1S/C45H34O15/c46-21-7-1-18(2-8-21)39-29(53)15-25-26(50)16-31-35(40(25)56-39)38-34-28(52)17-32-36(41(34)60-45(59-31,43(38)55)20-5-11-23(48)12-6-20)37-33-27(51)13-24(49)14-30(33)57-44(58-32,42(37)54)19-3-9-22(47)10-4-19/h1-14,16-17,29,37-39,42-43,46-55H,15H2/t29-,37+,38+,39+,42+,43-,44-,45+/m0/s1. The molecule has 8 atom stereocenters. The van der Waals surface area contributed by atoms with E-state index in [1.807, 2.05) is 0 Å². The number of hydrogen-bond acceptors (Lipinski definition) is 15. The second-order valence-corrected chi connectivity index (χ2v) is 15.6. The Labute approximate surface area is 338 Å². The number of phenolic OH excluding ortho intramolecular Hbond substituents is 7. The molecule has 11 rings (SSSR count). The van der Waals surface area contributed by atoms with Crippen LogP contribution in [0.2, 0.25) is 0 Å². The molecule has 10 N–H and O–H groups in total. The first-order valence-corrected chi connectivity index (χ1v) is 19.0. The van der Waals surface area contributed by atoms with Gasteiger partial charge in [0.2, 0.25) is 0 Å². The smallest absolute Gasteiger partial charge is 0.305 e. The monoisotopic (exact) mass is 814 g/mol. The third-order valence-electron chi connectivity index (χ3n) is 12.2. The van der Waals surface area contributed by atoms with E-state index in [4.69, 9.17) is 23.7 Å². The first-order valence-electron chi connectivity index (χ1n) is 19.0. The van der Waals surface area contributed by atoms with Crippen molar-refractivity contribution in [2.75, 3.05) is 0 Å². The van der Waals surface area contributed by atoms with Crippen molar-refractivity contribution in [3.63, 3.8) is 0 Å². The molecule has 0 aliphatic carbocycles. The van der Waals surface area contributed by atoms with Crippen LogP contribution in [0.5, 0.6) is 69.0 Å². The highest BCUT2D eigenvalue weighted by Crippen LogP contribution is 2.67. The highest BCUT2D eigenvalue weighted by Gasteiger charge is 2.64. The summed E-state index contributed by atoms with van der Waals surface area (Å²) in [6.45, 7) is 0. The third-order valence-corrected chi connectivity index (χ3v) is 12.2. The molecule has 0 fully saturated rings. The van der Waals surface area contributed by atoms with Crippen LogP contribution < -0.4 is 23.7 Å². The fourth-order valence-corrected chi connectivity index (χ4v) is 9.55. The number of aliphatic hydroxyl groups is 3. The van der Waals surface area contributed by atoms with Gasteiger partial charge in [-0.2, -0.15) is 0 Å². The van der Waals surface area contributed by atoms with Crippen molar-refractivity contribution in [2.45, 2.75) is 54.2 Å². The molecule has 4 bridgehead atoms. The first kappa shape index (κ1) is 35.9. The van der Waals surface area contributed by atoms with Crippen molar-refractivity contribution in [3.05, 3.63) is 142 Å². The molecule has 304 valence electrons. The molecule has 0 unspecified atom stereocenters. The van der Waals surface area contributed by atoms with Crippen LogP contribution in [0.1, 0.15) is 62.4 Å². The SMILES string of the molecule is Oc1ccc([C@H]2Oc3c(c(O)cc4c3[C@H]3c5c(O)cc6c(c5O[C@@](c5ccc(O)cc5)(O4)[C@H]3O)[C@H]3c4c(O)cc(O)cc4O[C@@](c4ccc(O)cc4)(O6)[C@@H]3O)C[C@@H]2O)cc1. The van der Waals surface area contributed by atoms with Crippen LogP contribution >= 0.6 is 0 Å². The molecule has 6 aromatic carbocycles. The Morgan fingerprint density at radius 2 is 0.917 bits per heavy atom. The summed E-state index contributed by atoms with van der Waals surface area (Å²) >= 11 is 0. The number of phenols is 7. The van der Waals surface area contributed by atoms with Gasteiger partial charge < -0.3 is 74.7 Å². The maximum Gasteiger partial charge on any atom is 0.305 e. The molecule has 0 spiro atoms. The van der Waals surface area contributed by atoms with E-state index in [2.05, 4.69) is 0 Å². The predicted molar refractivity (Wildman–Crippen MR) is 205 cm³/mol. The van der Waals surface area contributed by atoms with Crippen molar-refractivity contribution < 1.29 is 74.7 Å². The van der Waals surface area contributed by atoms with E-state index >= 15 is 0 Å². The lowest BCUT2D eigenvalue weighted by Gasteiger charge is -2.53. The highest BCUT2D eigenvalue weighted by atomic mass is 16.7. The van der Waals surface area contributed by atoms with Gasteiger partial charge in [0.15, 0.2) is 0 Å². The molecule has 5 aliphatic heterocycles. The van der Waals surface area contributed by atoms with E-state index in [1.165, 1.54) is 78.9 Å². The Hall–Kier alpha value is -7.20. The highest BCUT2D eigenvalue weighted by molar-refractivity contribution is 5.73. The molecule has 0 amide bonds. The molecule has 0 aromatic heterocycles. The number of aliphatic hydroxyl groups excluding tert-OH is 3. The normalized spacial score (nSPS) is 27.4. The Morgan fingerprint density at radius 1 is 0.450 bits per heavy atom. The molecule has 5 heterocycles. The zero-order chi connectivity index (χ0) is 41.6. The van der Waals surface area contributed by atoms with Crippen LogP contribution in [0.15, 0.2) is 97.1 Å². The number of aromatic hydroxyl groups is 7. The van der Waals surface area contributed by atoms with Gasteiger partial charge in [-0.05, 0) is 66.2 Å². The van der Waals surface area contributed by atoms with Gasteiger partial charge in [-0.25, -0.2) is 0 Å². The van der Waals surface area contributed by atoms with Crippen LogP contribution in [0.4, 0.5) is 0 Å². The van der Waals surface area contributed by atoms with Crippen LogP contribution in [0.3, 0.4) is 0 Å². The Bertz CT molecular complexity index is 2770. The van der Waals surface area contributed by atoms with Crippen molar-refractivity contribution in [3.8, 4) is 69.0 Å². The summed E-state index contributed by atoms with van der Waals surface area (Å²) in [6, 6.07) is 22.2. The Kier molecular flexibility index (Phi) is 7.29. The summed E-state index contributed by atoms with van der Waals surface area (Å²) in [4.78, 5) is 0. The lowest BCUT2D eigenvalue weighted by molar-refractivity contribution is -0.227. The molecular weight excluding hydrogens is 780 g/mol. The minimum absolute atomic E-state index is 0.00846. The summed E-state index contributed by atoms with van der Waals surface area (Å²) in [5, 5.41) is 113. The van der Waals surface area contributed by atoms with E-state index in [-0.39, 0.29) is 103 Å². The first-order chi connectivity index (χ1) is 28.8. The summed E-state index contributed by atoms with van der Waals surface area (Å²) in [7, 11) is 0. The van der Waals surface area contributed by atoms with Crippen molar-refractivity contribution in [2.24, 2.45) is 0 Å². The quantitative estimate of drug-likeness (QED) is 0.114. The molecule has 5 aliphatic rings. The molecule has 6 aromatic rings. The van der Waals surface area contributed by atoms with E-state index in [1.54, 1.807) is 12.1 Å². The summed E-state index contributed by atoms with van der Waals surface area (Å²) in [5.74, 6) is -8.82. The Balaban J connectivity index is 1.19. The molecule has 15 nitrogen and oxygen atoms in total. The van der Waals surface area contributed by atoms with Gasteiger partial charge in [0, 0.05) is 69.6 Å². The number of fused-ring (bicyclic) bond motifs is 15. The molecule has 60 heavy (non-hydrogen) atoms. The van der Waals surface area contributed by atoms with Gasteiger partial charge in [-0.3, -0.25) is 0 Å². The van der Waals surface area contributed by atoms with Gasteiger partial charge in [-0.15, -0.1) is 0 Å². The van der Waals surface area contributed by atoms with Gasteiger partial charge in [-0.1, -0.05) is 12.1 Å². The van der Waals surface area contributed by atoms with Gasteiger partial charge in [0.1, 0.15) is 87.3 Å². The molecule has 0 saturated carbocycles. The maximum absolute atomic E-state index is 12.7. The number of rotatable bonds is 3. The topological polar surface area (TPSA) is 248 Å². The van der Waals surface area contributed by atoms with Crippen LogP contribution in [0, 0.1) is 0 Å². The number of hydrogen-bond donors (Lipinski definition) is 10. The average molecular weight is 815 g/mol. The number of benzene rings is 6. The average Bonchev–Trinajstić information content (AvgIpc) is 3.20.